The molecule has 2 heterocycles. The Morgan fingerprint density at radius 3 is 2.58 bits per heavy atom. The molecule has 1 aromatic carbocycles. The van der Waals surface area contributed by atoms with Gasteiger partial charge in [-0.05, 0) is 51.0 Å². The number of rotatable bonds is 5. The van der Waals surface area contributed by atoms with Gasteiger partial charge in [0.15, 0.2) is 0 Å². The Bertz CT molecular complexity index is 940. The standard InChI is InChI=1S/C19H20FN3OS2/c1-10-12(3)25-18-16(10)19(22-9-21-18)26-13(4)17(24)23-11(2)14-5-7-15(20)8-6-14/h5-9,11,13H,1-4H3,(H,23,24)/t11-,13+/m1/s1. The fourth-order valence-corrected chi connectivity index (χ4v) is 4.67. The van der Waals surface area contributed by atoms with E-state index in [1.54, 1.807) is 29.8 Å². The molecule has 0 aliphatic carbocycles. The third-order valence-corrected chi connectivity index (χ3v) is 6.53. The van der Waals surface area contributed by atoms with E-state index in [4.69, 9.17) is 0 Å². The zero-order valence-electron chi connectivity index (χ0n) is 15.0. The smallest absolute Gasteiger partial charge is 0.233 e. The summed E-state index contributed by atoms with van der Waals surface area (Å²) in [5.74, 6) is -0.367. The summed E-state index contributed by atoms with van der Waals surface area (Å²) < 4.78 is 13.0. The molecule has 3 rings (SSSR count). The number of aryl methyl sites for hydroxylation is 2. The van der Waals surface area contributed by atoms with Crippen LogP contribution in [-0.2, 0) is 4.79 Å². The number of nitrogens with one attached hydrogen (secondary N) is 1. The third kappa shape index (κ3) is 3.88. The van der Waals surface area contributed by atoms with Crippen molar-refractivity contribution in [2.45, 2.75) is 44.0 Å². The minimum Gasteiger partial charge on any atom is -0.349 e. The van der Waals surface area contributed by atoms with Crippen LogP contribution in [0.15, 0.2) is 35.6 Å². The molecule has 136 valence electrons. The molecule has 0 unspecified atom stereocenters. The summed E-state index contributed by atoms with van der Waals surface area (Å²) in [5, 5.41) is 4.53. The SMILES string of the molecule is Cc1sc2ncnc(S[C@@H](C)C(=O)N[C@H](C)c3ccc(F)cc3)c2c1C. The Morgan fingerprint density at radius 2 is 1.88 bits per heavy atom. The van der Waals surface area contributed by atoms with E-state index in [-0.39, 0.29) is 23.0 Å². The zero-order valence-corrected chi connectivity index (χ0v) is 16.7. The lowest BCUT2D eigenvalue weighted by molar-refractivity contribution is -0.120. The van der Waals surface area contributed by atoms with Crippen LogP contribution in [-0.4, -0.2) is 21.1 Å². The second-order valence-corrected chi connectivity index (χ2v) is 8.72. The first-order valence-corrected chi connectivity index (χ1v) is 9.99. The Kier molecular flexibility index (Phi) is 5.58. The lowest BCUT2D eigenvalue weighted by Gasteiger charge is -2.18. The summed E-state index contributed by atoms with van der Waals surface area (Å²) >= 11 is 3.07. The lowest BCUT2D eigenvalue weighted by Crippen LogP contribution is -2.33. The van der Waals surface area contributed by atoms with Crippen LogP contribution in [0.4, 0.5) is 4.39 Å². The van der Waals surface area contributed by atoms with E-state index >= 15 is 0 Å². The number of benzene rings is 1. The number of thioether (sulfide) groups is 1. The number of carbonyl (C=O) groups excluding carboxylic acids is 1. The third-order valence-electron chi connectivity index (χ3n) is 4.32. The minimum absolute atomic E-state index is 0.0804. The van der Waals surface area contributed by atoms with E-state index in [1.165, 1.54) is 34.3 Å². The summed E-state index contributed by atoms with van der Waals surface area (Å²) in [4.78, 5) is 23.5. The fourth-order valence-electron chi connectivity index (χ4n) is 2.63. The van der Waals surface area contributed by atoms with E-state index in [2.05, 4.69) is 29.1 Å². The highest BCUT2D eigenvalue weighted by Gasteiger charge is 2.21. The second kappa shape index (κ2) is 7.72. The average molecular weight is 390 g/mol. The molecular weight excluding hydrogens is 369 g/mol. The Morgan fingerprint density at radius 1 is 1.19 bits per heavy atom. The highest BCUT2D eigenvalue weighted by Crippen LogP contribution is 2.36. The van der Waals surface area contributed by atoms with E-state index in [0.29, 0.717) is 0 Å². The molecule has 2 aromatic heterocycles. The van der Waals surface area contributed by atoms with Gasteiger partial charge in [-0.2, -0.15) is 0 Å². The normalized spacial score (nSPS) is 13.6. The quantitative estimate of drug-likeness (QED) is 0.503. The number of carbonyl (C=O) groups is 1. The number of nitrogens with zero attached hydrogens (tertiary/aromatic N) is 2. The highest BCUT2D eigenvalue weighted by molar-refractivity contribution is 8.00. The molecule has 0 aliphatic heterocycles. The Hall–Kier alpha value is -1.99. The molecule has 4 nitrogen and oxygen atoms in total. The van der Waals surface area contributed by atoms with E-state index < -0.39 is 0 Å². The van der Waals surface area contributed by atoms with Gasteiger partial charge in [-0.1, -0.05) is 23.9 Å². The summed E-state index contributed by atoms with van der Waals surface area (Å²) in [5.41, 5.74) is 2.03. The summed E-state index contributed by atoms with van der Waals surface area (Å²) in [6.45, 7) is 7.87. The van der Waals surface area contributed by atoms with Gasteiger partial charge in [0, 0.05) is 10.3 Å². The van der Waals surface area contributed by atoms with Gasteiger partial charge in [0.2, 0.25) is 5.91 Å². The van der Waals surface area contributed by atoms with E-state index in [9.17, 15) is 9.18 Å². The van der Waals surface area contributed by atoms with Gasteiger partial charge >= 0.3 is 0 Å². The van der Waals surface area contributed by atoms with Crippen LogP contribution in [0.5, 0.6) is 0 Å². The van der Waals surface area contributed by atoms with Gasteiger partial charge in [0.05, 0.1) is 11.3 Å². The minimum atomic E-state index is -0.310. The van der Waals surface area contributed by atoms with Crippen LogP contribution in [0.2, 0.25) is 0 Å². The van der Waals surface area contributed by atoms with Gasteiger partial charge in [-0.15, -0.1) is 11.3 Å². The zero-order chi connectivity index (χ0) is 18.8. The molecule has 0 saturated carbocycles. The maximum atomic E-state index is 13.0. The van der Waals surface area contributed by atoms with Crippen LogP contribution < -0.4 is 5.32 Å². The predicted octanol–water partition coefficient (Wildman–Crippen LogP) is 4.81. The summed E-state index contributed by atoms with van der Waals surface area (Å²) in [6.07, 6.45) is 1.55. The fraction of sp³-hybridized carbons (Fsp3) is 0.316. The molecular formula is C19H20FN3OS2. The Labute approximate surface area is 160 Å². The van der Waals surface area contributed by atoms with Crippen molar-refractivity contribution in [3.63, 3.8) is 0 Å². The summed E-state index contributed by atoms with van der Waals surface area (Å²) in [6, 6.07) is 5.97. The maximum Gasteiger partial charge on any atom is 0.233 e. The van der Waals surface area contributed by atoms with Crippen molar-refractivity contribution < 1.29 is 9.18 Å². The molecule has 0 radical (unpaired) electrons. The highest BCUT2D eigenvalue weighted by atomic mass is 32.2. The van der Waals surface area contributed by atoms with Crippen LogP contribution in [0, 0.1) is 19.7 Å². The first kappa shape index (κ1) is 18.8. The predicted molar refractivity (Wildman–Crippen MR) is 105 cm³/mol. The van der Waals surface area contributed by atoms with Crippen LogP contribution in [0.3, 0.4) is 0 Å². The molecule has 26 heavy (non-hydrogen) atoms. The lowest BCUT2D eigenvalue weighted by atomic mass is 10.1. The molecule has 0 bridgehead atoms. The number of aromatic nitrogens is 2. The molecule has 7 heteroatoms. The first-order chi connectivity index (χ1) is 12.4. The molecule has 1 amide bonds. The molecule has 2 atom stereocenters. The van der Waals surface area contributed by atoms with Crippen molar-refractivity contribution >= 4 is 39.2 Å². The number of hydrogen-bond acceptors (Lipinski definition) is 5. The molecule has 0 aliphatic rings. The van der Waals surface area contributed by atoms with Gasteiger partial charge < -0.3 is 5.32 Å². The van der Waals surface area contributed by atoms with Crippen molar-refractivity contribution in [3.8, 4) is 0 Å². The first-order valence-electron chi connectivity index (χ1n) is 8.30. The number of thiophene rings is 1. The number of fused-ring (bicyclic) bond motifs is 1. The molecule has 3 aromatic rings. The number of hydrogen-bond donors (Lipinski definition) is 1. The van der Waals surface area contributed by atoms with Crippen molar-refractivity contribution in [3.05, 3.63) is 52.4 Å². The van der Waals surface area contributed by atoms with Crippen LogP contribution >= 0.6 is 23.1 Å². The largest absolute Gasteiger partial charge is 0.349 e. The van der Waals surface area contributed by atoms with Crippen LogP contribution in [0.25, 0.3) is 10.2 Å². The van der Waals surface area contributed by atoms with Crippen molar-refractivity contribution in [1.29, 1.82) is 0 Å². The van der Waals surface area contributed by atoms with E-state index in [1.807, 2.05) is 13.8 Å². The van der Waals surface area contributed by atoms with Crippen molar-refractivity contribution in [2.24, 2.45) is 0 Å². The second-order valence-electron chi connectivity index (χ2n) is 6.18. The molecule has 0 saturated heterocycles. The molecule has 0 fully saturated rings. The molecule has 0 spiro atoms. The number of halogens is 1. The topological polar surface area (TPSA) is 54.9 Å². The van der Waals surface area contributed by atoms with E-state index in [0.717, 1.165) is 20.8 Å². The van der Waals surface area contributed by atoms with Crippen LogP contribution in [0.1, 0.15) is 35.9 Å². The Balaban J connectivity index is 1.72. The monoisotopic (exact) mass is 389 g/mol. The molecule has 1 N–H and O–H groups in total. The van der Waals surface area contributed by atoms with Gasteiger partial charge in [-0.25, -0.2) is 14.4 Å². The van der Waals surface area contributed by atoms with Crippen molar-refractivity contribution in [1.82, 2.24) is 15.3 Å². The maximum absolute atomic E-state index is 13.0. The summed E-state index contributed by atoms with van der Waals surface area (Å²) in [7, 11) is 0. The van der Waals surface area contributed by atoms with Gasteiger partial charge in [0.25, 0.3) is 0 Å². The average Bonchev–Trinajstić information content (AvgIpc) is 2.90. The van der Waals surface area contributed by atoms with Gasteiger partial charge in [0.1, 0.15) is 22.0 Å². The van der Waals surface area contributed by atoms with Crippen molar-refractivity contribution in [2.75, 3.05) is 0 Å². The van der Waals surface area contributed by atoms with Gasteiger partial charge in [-0.3, -0.25) is 4.79 Å². The number of amides is 1.